The second-order valence-electron chi connectivity index (χ2n) is 6.70. The summed E-state index contributed by atoms with van der Waals surface area (Å²) >= 11 is 0. The van der Waals surface area contributed by atoms with Crippen molar-refractivity contribution in [3.63, 3.8) is 0 Å². The third kappa shape index (κ3) is 4.53. The Bertz CT molecular complexity index is 929. The van der Waals surface area contributed by atoms with Crippen molar-refractivity contribution in [2.75, 3.05) is 6.61 Å². The number of amides is 1. The van der Waals surface area contributed by atoms with Crippen LogP contribution in [0.5, 0.6) is 0 Å². The van der Waals surface area contributed by atoms with Gasteiger partial charge in [-0.15, -0.1) is 0 Å². The van der Waals surface area contributed by atoms with Gasteiger partial charge in [-0.3, -0.25) is 4.79 Å². The van der Waals surface area contributed by atoms with Gasteiger partial charge in [0.2, 0.25) is 0 Å². The van der Waals surface area contributed by atoms with Crippen LogP contribution in [-0.2, 0) is 16.1 Å². The van der Waals surface area contributed by atoms with E-state index in [1.54, 1.807) is 11.0 Å². The molecule has 0 aromatic heterocycles. The van der Waals surface area contributed by atoms with E-state index in [1.165, 1.54) is 0 Å². The van der Waals surface area contributed by atoms with Crippen molar-refractivity contribution < 1.29 is 14.3 Å². The van der Waals surface area contributed by atoms with Gasteiger partial charge >= 0.3 is 5.97 Å². The lowest BCUT2D eigenvalue weighted by molar-refractivity contribution is -0.136. The van der Waals surface area contributed by atoms with Gasteiger partial charge in [0.1, 0.15) is 0 Å². The molecule has 4 heteroatoms. The zero-order chi connectivity index (χ0) is 19.2. The second-order valence-corrected chi connectivity index (χ2v) is 6.70. The third-order valence-electron chi connectivity index (χ3n) is 4.48. The van der Waals surface area contributed by atoms with Crippen LogP contribution in [0.4, 0.5) is 0 Å². The van der Waals surface area contributed by atoms with Crippen LogP contribution in [-0.4, -0.2) is 29.4 Å². The monoisotopic (exact) mass is 361 g/mol. The summed E-state index contributed by atoms with van der Waals surface area (Å²) in [5, 5.41) is 1.79. The molecule has 0 fully saturated rings. The Balaban J connectivity index is 1.68. The fraction of sp³-hybridized carbons (Fsp3) is 0.217. The van der Waals surface area contributed by atoms with Gasteiger partial charge in [-0.1, -0.05) is 66.7 Å². The van der Waals surface area contributed by atoms with E-state index in [0.29, 0.717) is 12.1 Å². The lowest BCUT2D eigenvalue weighted by Gasteiger charge is -2.26. The number of ether oxygens (including phenoxy) is 1. The molecule has 0 aliphatic rings. The zero-order valence-corrected chi connectivity index (χ0v) is 15.6. The maximum atomic E-state index is 12.6. The van der Waals surface area contributed by atoms with E-state index in [0.717, 1.165) is 16.3 Å². The van der Waals surface area contributed by atoms with Crippen molar-refractivity contribution >= 4 is 22.6 Å². The molecule has 0 aliphatic carbocycles. The first-order chi connectivity index (χ1) is 13.1. The predicted octanol–water partition coefficient (Wildman–Crippen LogP) is 4.43. The van der Waals surface area contributed by atoms with Crippen molar-refractivity contribution in [2.24, 2.45) is 0 Å². The number of rotatable bonds is 6. The van der Waals surface area contributed by atoms with E-state index in [2.05, 4.69) is 0 Å². The lowest BCUT2D eigenvalue weighted by Crippen LogP contribution is -2.39. The maximum Gasteiger partial charge on any atom is 0.339 e. The van der Waals surface area contributed by atoms with Crippen LogP contribution in [0.25, 0.3) is 10.8 Å². The molecule has 138 valence electrons. The van der Waals surface area contributed by atoms with Crippen LogP contribution in [0, 0.1) is 0 Å². The average Bonchev–Trinajstić information content (AvgIpc) is 2.70. The highest BCUT2D eigenvalue weighted by Gasteiger charge is 2.20. The van der Waals surface area contributed by atoms with E-state index >= 15 is 0 Å². The quantitative estimate of drug-likeness (QED) is 0.610. The molecule has 3 aromatic carbocycles. The number of hydrogen-bond acceptors (Lipinski definition) is 3. The van der Waals surface area contributed by atoms with Crippen molar-refractivity contribution in [1.29, 1.82) is 0 Å². The minimum atomic E-state index is -0.483. The summed E-state index contributed by atoms with van der Waals surface area (Å²) in [5.74, 6) is -0.689. The van der Waals surface area contributed by atoms with Gasteiger partial charge in [-0.2, -0.15) is 0 Å². The first-order valence-corrected chi connectivity index (χ1v) is 9.04. The molecule has 0 unspecified atom stereocenters. The summed E-state index contributed by atoms with van der Waals surface area (Å²) in [4.78, 5) is 26.9. The summed E-state index contributed by atoms with van der Waals surface area (Å²) in [5.41, 5.74) is 1.51. The first-order valence-electron chi connectivity index (χ1n) is 9.04. The highest BCUT2D eigenvalue weighted by Crippen LogP contribution is 2.19. The molecule has 0 saturated heterocycles. The molecule has 0 atom stereocenters. The molecular weight excluding hydrogens is 338 g/mol. The van der Waals surface area contributed by atoms with Crippen LogP contribution < -0.4 is 0 Å². The number of hydrogen-bond donors (Lipinski definition) is 0. The molecule has 4 nitrogen and oxygen atoms in total. The van der Waals surface area contributed by atoms with Crippen LogP contribution in [0.3, 0.4) is 0 Å². The highest BCUT2D eigenvalue weighted by molar-refractivity contribution is 6.04. The van der Waals surface area contributed by atoms with Crippen molar-refractivity contribution in [1.82, 2.24) is 4.90 Å². The van der Waals surface area contributed by atoms with E-state index in [9.17, 15) is 9.59 Å². The number of carbonyl (C=O) groups is 2. The number of benzene rings is 3. The maximum absolute atomic E-state index is 12.6. The lowest BCUT2D eigenvalue weighted by atomic mass is 10.1. The molecule has 3 aromatic rings. The van der Waals surface area contributed by atoms with E-state index in [-0.39, 0.29) is 18.6 Å². The molecule has 0 N–H and O–H groups in total. The predicted molar refractivity (Wildman–Crippen MR) is 106 cm³/mol. The molecule has 3 rings (SSSR count). The number of fused-ring (bicyclic) bond motifs is 1. The summed E-state index contributed by atoms with van der Waals surface area (Å²) in [6.45, 7) is 4.12. The average molecular weight is 361 g/mol. The Morgan fingerprint density at radius 2 is 1.56 bits per heavy atom. The Labute approximate surface area is 159 Å². The van der Waals surface area contributed by atoms with E-state index in [1.807, 2.05) is 80.6 Å². The van der Waals surface area contributed by atoms with Crippen molar-refractivity contribution in [2.45, 2.75) is 26.4 Å². The highest BCUT2D eigenvalue weighted by atomic mass is 16.5. The molecule has 0 aliphatic heterocycles. The fourth-order valence-corrected chi connectivity index (χ4v) is 3.03. The van der Waals surface area contributed by atoms with Crippen LogP contribution in [0.2, 0.25) is 0 Å². The van der Waals surface area contributed by atoms with Crippen molar-refractivity contribution in [3.8, 4) is 0 Å². The van der Waals surface area contributed by atoms with E-state index < -0.39 is 5.97 Å². The Morgan fingerprint density at radius 1 is 0.889 bits per heavy atom. The minimum absolute atomic E-state index is 0.00830. The van der Waals surface area contributed by atoms with Crippen molar-refractivity contribution in [3.05, 3.63) is 83.9 Å². The molecule has 0 bridgehead atoms. The van der Waals surface area contributed by atoms with Gasteiger partial charge in [0.05, 0.1) is 5.56 Å². The Morgan fingerprint density at radius 3 is 2.30 bits per heavy atom. The van der Waals surface area contributed by atoms with Gasteiger partial charge in [0.25, 0.3) is 5.91 Å². The number of nitrogens with zero attached hydrogens (tertiary/aromatic N) is 1. The largest absolute Gasteiger partial charge is 0.452 e. The topological polar surface area (TPSA) is 46.6 Å². The van der Waals surface area contributed by atoms with Gasteiger partial charge < -0.3 is 9.64 Å². The molecule has 0 saturated carbocycles. The van der Waals surface area contributed by atoms with Gasteiger partial charge in [0.15, 0.2) is 6.61 Å². The normalized spacial score (nSPS) is 10.8. The SMILES string of the molecule is CC(C)N(Cc1ccccc1)C(=O)COC(=O)c1cccc2ccccc12. The summed E-state index contributed by atoms with van der Waals surface area (Å²) in [6, 6.07) is 22.9. The van der Waals surface area contributed by atoms with Gasteiger partial charge in [-0.25, -0.2) is 4.79 Å². The van der Waals surface area contributed by atoms with Crippen LogP contribution in [0.15, 0.2) is 72.8 Å². The summed E-state index contributed by atoms with van der Waals surface area (Å²) in [7, 11) is 0. The fourth-order valence-electron chi connectivity index (χ4n) is 3.03. The number of esters is 1. The molecule has 0 radical (unpaired) electrons. The second kappa shape index (κ2) is 8.49. The smallest absolute Gasteiger partial charge is 0.339 e. The zero-order valence-electron chi connectivity index (χ0n) is 15.6. The first kappa shape index (κ1) is 18.6. The van der Waals surface area contributed by atoms with E-state index in [4.69, 9.17) is 4.74 Å². The molecule has 0 heterocycles. The van der Waals surface area contributed by atoms with Gasteiger partial charge in [-0.05, 0) is 36.2 Å². The Kier molecular flexibility index (Phi) is 5.87. The third-order valence-corrected chi connectivity index (χ3v) is 4.48. The molecular formula is C23H23NO3. The molecule has 27 heavy (non-hydrogen) atoms. The number of carbonyl (C=O) groups excluding carboxylic acids is 2. The molecule has 0 spiro atoms. The standard InChI is InChI=1S/C23H23NO3/c1-17(2)24(15-18-9-4-3-5-10-18)22(25)16-27-23(26)21-14-8-12-19-11-6-7-13-20(19)21/h3-14,17H,15-16H2,1-2H3. The van der Waals surface area contributed by atoms with Crippen LogP contribution >= 0.6 is 0 Å². The summed E-state index contributed by atoms with van der Waals surface area (Å²) in [6.07, 6.45) is 0. The van der Waals surface area contributed by atoms with Gasteiger partial charge in [0, 0.05) is 12.6 Å². The van der Waals surface area contributed by atoms with Crippen LogP contribution in [0.1, 0.15) is 29.8 Å². The minimum Gasteiger partial charge on any atom is -0.452 e. The Hall–Kier alpha value is -3.14. The molecule has 1 amide bonds. The summed E-state index contributed by atoms with van der Waals surface area (Å²) < 4.78 is 5.34.